The second-order valence-corrected chi connectivity index (χ2v) is 4.01. The number of aromatic amines is 1. The second kappa shape index (κ2) is 5.05. The van der Waals surface area contributed by atoms with Crippen LogP contribution >= 0.6 is 0 Å². The van der Waals surface area contributed by atoms with Gasteiger partial charge in [0.15, 0.2) is 5.82 Å². The molecule has 0 fully saturated rings. The largest absolute Gasteiger partial charge is 0.301 e. The summed E-state index contributed by atoms with van der Waals surface area (Å²) in [6, 6.07) is 0.248. The van der Waals surface area contributed by atoms with Crippen LogP contribution in [0.4, 0.5) is 0 Å². The highest BCUT2D eigenvalue weighted by atomic mass is 15.5. The lowest BCUT2D eigenvalue weighted by molar-refractivity contribution is 0.476. The number of nitrogens with one attached hydrogen (secondary N) is 2. The molecule has 2 rings (SSSR count). The van der Waals surface area contributed by atoms with Crippen LogP contribution in [0.15, 0.2) is 12.4 Å². The molecule has 2 heterocycles. The Bertz CT molecular complexity index is 447. The summed E-state index contributed by atoms with van der Waals surface area (Å²) in [6.45, 7) is 7.04. The summed E-state index contributed by atoms with van der Waals surface area (Å²) in [7, 11) is 0. The SMILES string of the molecule is CCn1cc(C(C)NC(C)c2nn[nH]n2)cn1. The molecule has 0 radical (unpaired) electrons. The fourth-order valence-electron chi connectivity index (χ4n) is 1.67. The van der Waals surface area contributed by atoms with E-state index in [9.17, 15) is 0 Å². The van der Waals surface area contributed by atoms with Crippen LogP contribution < -0.4 is 5.32 Å². The molecule has 0 aromatic carbocycles. The van der Waals surface area contributed by atoms with Gasteiger partial charge in [0.25, 0.3) is 0 Å². The standard InChI is InChI=1S/C10H17N7/c1-4-17-6-9(5-11-17)7(2)12-8(3)10-13-15-16-14-10/h5-8,12H,4H2,1-3H3,(H,13,14,15,16). The molecule has 0 saturated heterocycles. The van der Waals surface area contributed by atoms with E-state index < -0.39 is 0 Å². The van der Waals surface area contributed by atoms with Crippen LogP contribution in [0.2, 0.25) is 0 Å². The van der Waals surface area contributed by atoms with Crippen LogP contribution in [0.1, 0.15) is 44.2 Å². The highest BCUT2D eigenvalue weighted by Crippen LogP contribution is 2.15. The topological polar surface area (TPSA) is 84.3 Å². The quantitative estimate of drug-likeness (QED) is 0.801. The number of rotatable bonds is 5. The third kappa shape index (κ3) is 2.68. The van der Waals surface area contributed by atoms with Gasteiger partial charge in [-0.25, -0.2) is 0 Å². The third-order valence-electron chi connectivity index (χ3n) is 2.73. The van der Waals surface area contributed by atoms with E-state index >= 15 is 0 Å². The molecule has 2 N–H and O–H groups in total. The first-order chi connectivity index (χ1) is 8.20. The predicted octanol–water partition coefficient (Wildman–Crippen LogP) is 0.828. The van der Waals surface area contributed by atoms with Gasteiger partial charge in [-0.15, -0.1) is 10.2 Å². The van der Waals surface area contributed by atoms with Crippen molar-refractivity contribution in [1.29, 1.82) is 0 Å². The Balaban J connectivity index is 1.99. The maximum Gasteiger partial charge on any atom is 0.191 e. The Kier molecular flexibility index (Phi) is 3.48. The van der Waals surface area contributed by atoms with Gasteiger partial charge in [-0.1, -0.05) is 5.21 Å². The van der Waals surface area contributed by atoms with Gasteiger partial charge in [0.1, 0.15) is 0 Å². The molecule has 0 aliphatic heterocycles. The smallest absolute Gasteiger partial charge is 0.191 e. The highest BCUT2D eigenvalue weighted by molar-refractivity contribution is 5.10. The normalized spacial score (nSPS) is 14.8. The first kappa shape index (κ1) is 11.7. The molecule has 17 heavy (non-hydrogen) atoms. The van der Waals surface area contributed by atoms with Crippen LogP contribution in [-0.4, -0.2) is 30.4 Å². The summed E-state index contributed by atoms with van der Waals surface area (Å²) in [6.07, 6.45) is 3.92. The number of nitrogens with zero attached hydrogens (tertiary/aromatic N) is 5. The van der Waals surface area contributed by atoms with E-state index in [1.807, 2.05) is 24.0 Å². The summed E-state index contributed by atoms with van der Waals surface area (Å²) in [5.41, 5.74) is 1.15. The van der Waals surface area contributed by atoms with Gasteiger partial charge in [-0.05, 0) is 20.8 Å². The first-order valence-corrected chi connectivity index (χ1v) is 5.72. The summed E-state index contributed by atoms with van der Waals surface area (Å²) >= 11 is 0. The Morgan fingerprint density at radius 1 is 1.41 bits per heavy atom. The lowest BCUT2D eigenvalue weighted by Crippen LogP contribution is -2.23. The highest BCUT2D eigenvalue weighted by Gasteiger charge is 2.15. The second-order valence-electron chi connectivity index (χ2n) is 4.01. The van der Waals surface area contributed by atoms with Crippen molar-refractivity contribution in [1.82, 2.24) is 35.7 Å². The molecule has 0 saturated carbocycles. The van der Waals surface area contributed by atoms with Crippen molar-refractivity contribution in [3.63, 3.8) is 0 Å². The Morgan fingerprint density at radius 2 is 2.24 bits per heavy atom. The van der Waals surface area contributed by atoms with Gasteiger partial charge in [0.2, 0.25) is 0 Å². The van der Waals surface area contributed by atoms with Gasteiger partial charge in [-0.2, -0.15) is 10.3 Å². The molecule has 2 unspecified atom stereocenters. The van der Waals surface area contributed by atoms with Gasteiger partial charge in [0.05, 0.1) is 12.2 Å². The van der Waals surface area contributed by atoms with E-state index in [2.05, 4.69) is 44.9 Å². The summed E-state index contributed by atoms with van der Waals surface area (Å²) < 4.78 is 1.91. The molecule has 0 amide bonds. The Morgan fingerprint density at radius 3 is 2.82 bits per heavy atom. The van der Waals surface area contributed by atoms with E-state index in [1.165, 1.54) is 0 Å². The number of H-pyrrole nitrogens is 1. The number of hydrogen-bond donors (Lipinski definition) is 2. The minimum absolute atomic E-state index is 0.0497. The molecular formula is C10H17N7. The van der Waals surface area contributed by atoms with E-state index in [1.54, 1.807) is 0 Å². The summed E-state index contributed by atoms with van der Waals surface area (Å²) in [5, 5.41) is 21.6. The minimum Gasteiger partial charge on any atom is -0.301 e. The lowest BCUT2D eigenvalue weighted by Gasteiger charge is -2.16. The molecule has 2 atom stereocenters. The average Bonchev–Trinajstić information content (AvgIpc) is 3.00. The van der Waals surface area contributed by atoms with Gasteiger partial charge in [0, 0.05) is 24.3 Å². The molecule has 2 aromatic heterocycles. The molecule has 0 bridgehead atoms. The first-order valence-electron chi connectivity index (χ1n) is 5.72. The molecule has 7 heteroatoms. The van der Waals surface area contributed by atoms with Crippen LogP contribution in [0.3, 0.4) is 0 Å². The zero-order chi connectivity index (χ0) is 12.3. The lowest BCUT2D eigenvalue weighted by atomic mass is 10.1. The van der Waals surface area contributed by atoms with E-state index in [4.69, 9.17) is 0 Å². The van der Waals surface area contributed by atoms with Crippen LogP contribution in [0, 0.1) is 0 Å². The van der Waals surface area contributed by atoms with Crippen molar-refractivity contribution >= 4 is 0 Å². The number of hydrogen-bond acceptors (Lipinski definition) is 5. The van der Waals surface area contributed by atoms with Crippen molar-refractivity contribution in [2.45, 2.75) is 39.4 Å². The molecule has 2 aromatic rings. The Hall–Kier alpha value is -1.76. The van der Waals surface area contributed by atoms with Gasteiger partial charge >= 0.3 is 0 Å². The third-order valence-corrected chi connectivity index (χ3v) is 2.73. The van der Waals surface area contributed by atoms with Crippen molar-refractivity contribution in [2.75, 3.05) is 0 Å². The van der Waals surface area contributed by atoms with E-state index in [-0.39, 0.29) is 12.1 Å². The Labute approximate surface area is 99.6 Å². The van der Waals surface area contributed by atoms with Crippen molar-refractivity contribution in [3.8, 4) is 0 Å². The molecule has 0 aliphatic rings. The van der Waals surface area contributed by atoms with E-state index in [0.29, 0.717) is 5.82 Å². The molecule has 0 spiro atoms. The van der Waals surface area contributed by atoms with Crippen molar-refractivity contribution in [3.05, 3.63) is 23.8 Å². The molecule has 92 valence electrons. The number of aryl methyl sites for hydroxylation is 1. The predicted molar refractivity (Wildman–Crippen MR) is 62.0 cm³/mol. The van der Waals surface area contributed by atoms with Crippen LogP contribution in [0.25, 0.3) is 0 Å². The monoisotopic (exact) mass is 235 g/mol. The van der Waals surface area contributed by atoms with Crippen LogP contribution in [-0.2, 0) is 6.54 Å². The zero-order valence-corrected chi connectivity index (χ0v) is 10.3. The van der Waals surface area contributed by atoms with Crippen LogP contribution in [0.5, 0.6) is 0 Å². The average molecular weight is 235 g/mol. The minimum atomic E-state index is 0.0497. The fraction of sp³-hybridized carbons (Fsp3) is 0.600. The van der Waals surface area contributed by atoms with E-state index in [0.717, 1.165) is 12.1 Å². The molecule has 7 nitrogen and oxygen atoms in total. The van der Waals surface area contributed by atoms with Gasteiger partial charge in [-0.3, -0.25) is 4.68 Å². The fourth-order valence-corrected chi connectivity index (χ4v) is 1.67. The van der Waals surface area contributed by atoms with Crippen molar-refractivity contribution < 1.29 is 0 Å². The zero-order valence-electron chi connectivity index (χ0n) is 10.3. The number of aromatic nitrogens is 6. The summed E-state index contributed by atoms with van der Waals surface area (Å²) in [4.78, 5) is 0. The van der Waals surface area contributed by atoms with Crippen molar-refractivity contribution in [2.24, 2.45) is 0 Å². The summed E-state index contributed by atoms with van der Waals surface area (Å²) in [5.74, 6) is 0.666. The maximum atomic E-state index is 4.25. The van der Waals surface area contributed by atoms with Gasteiger partial charge < -0.3 is 5.32 Å². The number of tetrazole rings is 1. The molecular weight excluding hydrogens is 218 g/mol. The molecule has 0 aliphatic carbocycles. The maximum absolute atomic E-state index is 4.25.